The van der Waals surface area contributed by atoms with E-state index in [1.807, 2.05) is 16.8 Å². The molecule has 1 aliphatic carbocycles. The maximum Gasteiger partial charge on any atom is 0.274 e. The quantitative estimate of drug-likeness (QED) is 0.776. The number of imidazole rings is 1. The van der Waals surface area contributed by atoms with Crippen LogP contribution in [0.5, 0.6) is 0 Å². The number of hydrogen-bond donors (Lipinski definition) is 1. The molecular formula is C20H29N5O3. The van der Waals surface area contributed by atoms with Crippen molar-refractivity contribution in [1.29, 1.82) is 0 Å². The lowest BCUT2D eigenvalue weighted by molar-refractivity contribution is -0.129. The van der Waals surface area contributed by atoms with E-state index >= 15 is 0 Å². The first-order valence-electron chi connectivity index (χ1n) is 10.3. The average Bonchev–Trinajstić information content (AvgIpc) is 3.32. The van der Waals surface area contributed by atoms with Crippen LogP contribution in [0, 0.1) is 17.8 Å². The Balaban J connectivity index is 1.22. The molecule has 0 spiro atoms. The zero-order chi connectivity index (χ0) is 19.7. The number of aryl methyl sites for hydroxylation is 1. The molecule has 28 heavy (non-hydrogen) atoms. The Morgan fingerprint density at radius 2 is 1.93 bits per heavy atom. The monoisotopic (exact) mass is 387 g/mol. The second-order valence-electron chi connectivity index (χ2n) is 8.55. The van der Waals surface area contributed by atoms with Gasteiger partial charge in [0.2, 0.25) is 11.8 Å². The Bertz CT molecular complexity index is 749. The smallest absolute Gasteiger partial charge is 0.274 e. The molecule has 2 aliphatic heterocycles. The summed E-state index contributed by atoms with van der Waals surface area (Å²) in [6.45, 7) is 3.35. The third kappa shape index (κ3) is 4.36. The Kier molecular flexibility index (Phi) is 5.37. The SMILES string of the molecule is Cn1cnc(C(=O)N2CCC(CN3CC(C(=O)NCC4CC4)CC3=O)CC2)c1. The van der Waals surface area contributed by atoms with Crippen LogP contribution in [0.25, 0.3) is 0 Å². The molecule has 1 aromatic rings. The molecule has 3 aliphatic rings. The van der Waals surface area contributed by atoms with Crippen LogP contribution in [0.2, 0.25) is 0 Å². The molecule has 2 saturated heterocycles. The maximum absolute atomic E-state index is 12.5. The van der Waals surface area contributed by atoms with E-state index in [0.717, 1.165) is 19.4 Å². The number of carbonyl (C=O) groups excluding carboxylic acids is 3. The molecule has 0 aromatic carbocycles. The number of hydrogen-bond acceptors (Lipinski definition) is 4. The maximum atomic E-state index is 12.5. The summed E-state index contributed by atoms with van der Waals surface area (Å²) in [4.78, 5) is 44.9. The van der Waals surface area contributed by atoms with E-state index in [1.54, 1.807) is 17.1 Å². The highest BCUT2D eigenvalue weighted by Crippen LogP contribution is 2.28. The molecular weight excluding hydrogens is 358 g/mol. The molecule has 1 saturated carbocycles. The fraction of sp³-hybridized carbons (Fsp3) is 0.700. The van der Waals surface area contributed by atoms with Gasteiger partial charge in [-0.1, -0.05) is 0 Å². The molecule has 3 heterocycles. The number of nitrogens with one attached hydrogen (secondary N) is 1. The van der Waals surface area contributed by atoms with Crippen molar-refractivity contribution >= 4 is 17.7 Å². The summed E-state index contributed by atoms with van der Waals surface area (Å²) < 4.78 is 1.77. The van der Waals surface area contributed by atoms with E-state index in [-0.39, 0.29) is 23.6 Å². The number of piperidine rings is 1. The van der Waals surface area contributed by atoms with Gasteiger partial charge in [-0.05, 0) is 37.5 Å². The third-order valence-corrected chi connectivity index (χ3v) is 6.15. The molecule has 8 nitrogen and oxygen atoms in total. The summed E-state index contributed by atoms with van der Waals surface area (Å²) in [5.41, 5.74) is 0.482. The topological polar surface area (TPSA) is 87.5 Å². The first-order valence-corrected chi connectivity index (χ1v) is 10.3. The van der Waals surface area contributed by atoms with Crippen molar-refractivity contribution in [2.75, 3.05) is 32.7 Å². The summed E-state index contributed by atoms with van der Waals surface area (Å²) in [5, 5.41) is 3.00. The van der Waals surface area contributed by atoms with E-state index < -0.39 is 0 Å². The molecule has 1 N–H and O–H groups in total. The summed E-state index contributed by atoms with van der Waals surface area (Å²) in [6, 6.07) is 0. The molecule has 1 atom stereocenters. The van der Waals surface area contributed by atoms with Crippen molar-refractivity contribution in [3.8, 4) is 0 Å². The van der Waals surface area contributed by atoms with Gasteiger partial charge in [0.25, 0.3) is 5.91 Å². The lowest BCUT2D eigenvalue weighted by Crippen LogP contribution is -2.42. The summed E-state index contributed by atoms with van der Waals surface area (Å²) in [6.07, 6.45) is 7.87. The molecule has 3 fully saturated rings. The fourth-order valence-corrected chi connectivity index (χ4v) is 4.15. The molecule has 152 valence electrons. The number of amides is 3. The number of carbonyl (C=O) groups is 3. The van der Waals surface area contributed by atoms with Gasteiger partial charge in [-0.25, -0.2) is 4.98 Å². The second kappa shape index (κ2) is 7.93. The lowest BCUT2D eigenvalue weighted by Gasteiger charge is -2.33. The van der Waals surface area contributed by atoms with Gasteiger partial charge in [0.1, 0.15) is 5.69 Å². The molecule has 1 unspecified atom stereocenters. The Hall–Kier alpha value is -2.38. The Labute approximate surface area is 165 Å². The third-order valence-electron chi connectivity index (χ3n) is 6.15. The molecule has 8 heteroatoms. The fourth-order valence-electron chi connectivity index (χ4n) is 4.15. The summed E-state index contributed by atoms with van der Waals surface area (Å²) in [7, 11) is 1.85. The van der Waals surface area contributed by atoms with Crippen LogP contribution >= 0.6 is 0 Å². The highest BCUT2D eigenvalue weighted by atomic mass is 16.2. The molecule has 4 rings (SSSR count). The van der Waals surface area contributed by atoms with E-state index in [0.29, 0.717) is 50.1 Å². The molecule has 0 bridgehead atoms. The van der Waals surface area contributed by atoms with Gasteiger partial charge in [0.15, 0.2) is 0 Å². The Morgan fingerprint density at radius 1 is 1.18 bits per heavy atom. The van der Waals surface area contributed by atoms with Crippen LogP contribution in [0.4, 0.5) is 0 Å². The highest BCUT2D eigenvalue weighted by molar-refractivity contribution is 5.92. The average molecular weight is 387 g/mol. The van der Waals surface area contributed by atoms with Crippen molar-refractivity contribution in [3.05, 3.63) is 18.2 Å². The standard InChI is InChI=1S/C20H29N5O3/c1-23-12-17(22-13-23)20(28)24-6-4-15(5-7-24)10-25-11-16(8-18(25)26)19(27)21-9-14-2-3-14/h12-16H,2-11H2,1H3,(H,21,27). The van der Waals surface area contributed by atoms with Crippen molar-refractivity contribution in [3.63, 3.8) is 0 Å². The number of rotatable bonds is 6. The largest absolute Gasteiger partial charge is 0.356 e. The minimum absolute atomic E-state index is 0.0244. The predicted octanol–water partition coefficient (Wildman–Crippen LogP) is 0.647. The minimum atomic E-state index is -0.211. The van der Waals surface area contributed by atoms with Gasteiger partial charge < -0.3 is 19.7 Å². The normalized spacial score (nSPS) is 23.3. The van der Waals surface area contributed by atoms with Crippen molar-refractivity contribution in [1.82, 2.24) is 24.7 Å². The second-order valence-corrected chi connectivity index (χ2v) is 8.55. The molecule has 1 aromatic heterocycles. The van der Waals surface area contributed by atoms with E-state index in [4.69, 9.17) is 0 Å². The van der Waals surface area contributed by atoms with E-state index in [2.05, 4.69) is 10.3 Å². The van der Waals surface area contributed by atoms with Crippen molar-refractivity contribution in [2.45, 2.75) is 32.1 Å². The van der Waals surface area contributed by atoms with Gasteiger partial charge >= 0.3 is 0 Å². The lowest BCUT2D eigenvalue weighted by atomic mass is 9.96. The Morgan fingerprint density at radius 3 is 2.57 bits per heavy atom. The highest BCUT2D eigenvalue weighted by Gasteiger charge is 2.36. The van der Waals surface area contributed by atoms with Gasteiger partial charge in [-0.3, -0.25) is 14.4 Å². The minimum Gasteiger partial charge on any atom is -0.356 e. The van der Waals surface area contributed by atoms with Crippen LogP contribution < -0.4 is 5.32 Å². The number of likely N-dealkylation sites (tertiary alicyclic amines) is 2. The first kappa shape index (κ1) is 19.0. The zero-order valence-corrected chi connectivity index (χ0v) is 16.5. The van der Waals surface area contributed by atoms with Gasteiger partial charge in [-0.15, -0.1) is 0 Å². The summed E-state index contributed by atoms with van der Waals surface area (Å²) >= 11 is 0. The summed E-state index contributed by atoms with van der Waals surface area (Å²) in [5.74, 6) is 0.902. The van der Waals surface area contributed by atoms with Crippen LogP contribution in [0.15, 0.2) is 12.5 Å². The van der Waals surface area contributed by atoms with Crippen molar-refractivity contribution < 1.29 is 14.4 Å². The van der Waals surface area contributed by atoms with E-state index in [9.17, 15) is 14.4 Å². The van der Waals surface area contributed by atoms with E-state index in [1.165, 1.54) is 12.8 Å². The van der Waals surface area contributed by atoms with Crippen LogP contribution in [0.3, 0.4) is 0 Å². The van der Waals surface area contributed by atoms with Crippen LogP contribution in [-0.4, -0.2) is 69.8 Å². The van der Waals surface area contributed by atoms with Crippen LogP contribution in [-0.2, 0) is 16.6 Å². The van der Waals surface area contributed by atoms with Crippen molar-refractivity contribution in [2.24, 2.45) is 24.8 Å². The van der Waals surface area contributed by atoms with Gasteiger partial charge in [0, 0.05) is 52.4 Å². The first-order chi connectivity index (χ1) is 13.5. The predicted molar refractivity (Wildman–Crippen MR) is 102 cm³/mol. The molecule has 3 amide bonds. The molecule has 0 radical (unpaired) electrons. The van der Waals surface area contributed by atoms with Crippen LogP contribution in [0.1, 0.15) is 42.6 Å². The number of nitrogens with zero attached hydrogens (tertiary/aromatic N) is 4. The van der Waals surface area contributed by atoms with Gasteiger partial charge in [-0.2, -0.15) is 0 Å². The zero-order valence-electron chi connectivity index (χ0n) is 16.5. The number of aromatic nitrogens is 2. The van der Waals surface area contributed by atoms with Gasteiger partial charge in [0.05, 0.1) is 12.2 Å².